The van der Waals surface area contributed by atoms with Crippen LogP contribution in [0.1, 0.15) is 22.5 Å². The van der Waals surface area contributed by atoms with Crippen molar-refractivity contribution in [3.63, 3.8) is 0 Å². The Morgan fingerprint density at radius 3 is 2.96 bits per heavy atom. The largest absolute Gasteiger partial charge is 0.383 e. The first-order valence-corrected chi connectivity index (χ1v) is 7.74. The molecule has 0 fully saturated rings. The van der Waals surface area contributed by atoms with E-state index in [1.54, 1.807) is 13.3 Å². The van der Waals surface area contributed by atoms with Crippen molar-refractivity contribution >= 4 is 17.4 Å². The first-order valence-electron chi connectivity index (χ1n) is 7.74. The number of ether oxygens (including phenoxy) is 1. The van der Waals surface area contributed by atoms with Gasteiger partial charge in [-0.15, -0.1) is 0 Å². The Bertz CT molecular complexity index is 673. The van der Waals surface area contributed by atoms with Crippen molar-refractivity contribution in [1.29, 1.82) is 0 Å². The van der Waals surface area contributed by atoms with E-state index < -0.39 is 0 Å². The van der Waals surface area contributed by atoms with E-state index in [1.165, 1.54) is 17.4 Å². The van der Waals surface area contributed by atoms with E-state index in [-0.39, 0.29) is 5.91 Å². The SMILES string of the molecule is COCCNC(=O)c1cnc(N2CCCc3ccccc32)cn1. The van der Waals surface area contributed by atoms with Gasteiger partial charge in [0.25, 0.3) is 5.91 Å². The molecule has 0 spiro atoms. The molecule has 0 saturated carbocycles. The molecule has 1 aromatic heterocycles. The molecule has 2 aromatic rings. The Hall–Kier alpha value is -2.47. The van der Waals surface area contributed by atoms with Gasteiger partial charge < -0.3 is 15.0 Å². The highest BCUT2D eigenvalue weighted by molar-refractivity contribution is 5.92. The van der Waals surface area contributed by atoms with Gasteiger partial charge in [0, 0.05) is 25.9 Å². The highest BCUT2D eigenvalue weighted by Gasteiger charge is 2.19. The number of aryl methyl sites for hydroxylation is 1. The smallest absolute Gasteiger partial charge is 0.271 e. The summed E-state index contributed by atoms with van der Waals surface area (Å²) in [5.74, 6) is 0.533. The molecule has 3 rings (SSSR count). The Labute approximate surface area is 135 Å². The number of anilines is 2. The molecule has 0 unspecified atom stereocenters. The third-order valence-electron chi connectivity index (χ3n) is 3.85. The van der Waals surface area contributed by atoms with Gasteiger partial charge in [-0.25, -0.2) is 9.97 Å². The zero-order valence-corrected chi connectivity index (χ0v) is 13.2. The Balaban J connectivity index is 1.74. The first-order chi connectivity index (χ1) is 11.3. The monoisotopic (exact) mass is 312 g/mol. The lowest BCUT2D eigenvalue weighted by Gasteiger charge is -2.30. The van der Waals surface area contributed by atoms with Crippen molar-refractivity contribution in [3.05, 3.63) is 47.9 Å². The number of carbonyl (C=O) groups is 1. The number of nitrogens with zero attached hydrogens (tertiary/aromatic N) is 3. The number of nitrogens with one attached hydrogen (secondary N) is 1. The standard InChI is InChI=1S/C17H20N4O2/c1-23-10-8-18-17(22)14-11-20-16(12-19-14)21-9-4-6-13-5-2-3-7-15(13)21/h2-3,5,7,11-12H,4,6,8-10H2,1H3,(H,18,22). The van der Waals surface area contributed by atoms with Crippen molar-refractivity contribution in [3.8, 4) is 0 Å². The maximum absolute atomic E-state index is 11.9. The zero-order valence-electron chi connectivity index (χ0n) is 13.2. The lowest BCUT2D eigenvalue weighted by Crippen LogP contribution is -2.28. The van der Waals surface area contributed by atoms with Gasteiger partial charge in [0.2, 0.25) is 0 Å². The van der Waals surface area contributed by atoms with Crippen LogP contribution in [0.2, 0.25) is 0 Å². The summed E-state index contributed by atoms with van der Waals surface area (Å²) in [5.41, 5.74) is 2.81. The van der Waals surface area contributed by atoms with Crippen LogP contribution in [0, 0.1) is 0 Å². The van der Waals surface area contributed by atoms with Gasteiger partial charge in [-0.05, 0) is 24.5 Å². The number of rotatable bonds is 5. The fraction of sp³-hybridized carbons (Fsp3) is 0.353. The summed E-state index contributed by atoms with van der Waals surface area (Å²) in [6.07, 6.45) is 5.35. The highest BCUT2D eigenvalue weighted by atomic mass is 16.5. The summed E-state index contributed by atoms with van der Waals surface area (Å²) in [6, 6.07) is 8.33. The number of aromatic nitrogens is 2. The molecular weight excluding hydrogens is 292 g/mol. The van der Waals surface area contributed by atoms with E-state index in [9.17, 15) is 4.79 Å². The molecule has 2 heterocycles. The molecule has 1 aliphatic rings. The van der Waals surface area contributed by atoms with Crippen LogP contribution in [-0.4, -0.2) is 42.7 Å². The van der Waals surface area contributed by atoms with E-state index in [2.05, 4.69) is 38.4 Å². The van der Waals surface area contributed by atoms with Crippen LogP contribution in [0.15, 0.2) is 36.7 Å². The molecule has 6 heteroatoms. The number of carbonyl (C=O) groups excluding carboxylic acids is 1. The predicted octanol–water partition coefficient (Wildman–Crippen LogP) is 1.94. The normalized spacial score (nSPS) is 13.5. The summed E-state index contributed by atoms with van der Waals surface area (Å²) in [7, 11) is 1.59. The summed E-state index contributed by atoms with van der Waals surface area (Å²) in [6.45, 7) is 1.84. The third kappa shape index (κ3) is 3.48. The quantitative estimate of drug-likeness (QED) is 0.855. The van der Waals surface area contributed by atoms with E-state index in [4.69, 9.17) is 4.74 Å². The van der Waals surface area contributed by atoms with Gasteiger partial charge in [0.15, 0.2) is 5.82 Å². The Morgan fingerprint density at radius 1 is 1.30 bits per heavy atom. The van der Waals surface area contributed by atoms with Crippen molar-refractivity contribution in [2.75, 3.05) is 31.7 Å². The van der Waals surface area contributed by atoms with Gasteiger partial charge in [-0.3, -0.25) is 4.79 Å². The zero-order chi connectivity index (χ0) is 16.1. The lowest BCUT2D eigenvalue weighted by molar-refractivity contribution is 0.0932. The minimum atomic E-state index is -0.236. The van der Waals surface area contributed by atoms with E-state index in [0.29, 0.717) is 18.8 Å². The maximum atomic E-state index is 11.9. The minimum absolute atomic E-state index is 0.236. The van der Waals surface area contributed by atoms with Crippen LogP contribution in [0.5, 0.6) is 0 Å². The van der Waals surface area contributed by atoms with Crippen molar-refractivity contribution in [2.45, 2.75) is 12.8 Å². The number of fused-ring (bicyclic) bond motifs is 1. The van der Waals surface area contributed by atoms with Crippen LogP contribution in [-0.2, 0) is 11.2 Å². The number of amides is 1. The molecule has 120 valence electrons. The number of benzene rings is 1. The van der Waals surface area contributed by atoms with Gasteiger partial charge in [0.1, 0.15) is 5.69 Å². The number of hydrogen-bond donors (Lipinski definition) is 1. The van der Waals surface area contributed by atoms with E-state index in [0.717, 1.165) is 25.2 Å². The second-order valence-electron chi connectivity index (χ2n) is 5.39. The van der Waals surface area contributed by atoms with Crippen LogP contribution >= 0.6 is 0 Å². The Kier molecular flexibility index (Phi) is 4.83. The molecule has 23 heavy (non-hydrogen) atoms. The molecule has 0 radical (unpaired) electrons. The molecule has 1 amide bonds. The van der Waals surface area contributed by atoms with Gasteiger partial charge in [-0.2, -0.15) is 0 Å². The second-order valence-corrected chi connectivity index (χ2v) is 5.39. The van der Waals surface area contributed by atoms with Crippen molar-refractivity contribution < 1.29 is 9.53 Å². The summed E-state index contributed by atoms with van der Waals surface area (Å²) in [4.78, 5) is 22.7. The lowest BCUT2D eigenvalue weighted by atomic mass is 10.0. The molecule has 1 aliphatic heterocycles. The molecular formula is C17H20N4O2. The third-order valence-corrected chi connectivity index (χ3v) is 3.85. The second kappa shape index (κ2) is 7.19. The van der Waals surface area contributed by atoms with Crippen LogP contribution < -0.4 is 10.2 Å². The Morgan fingerprint density at radius 2 is 2.17 bits per heavy atom. The van der Waals surface area contributed by atoms with E-state index in [1.807, 2.05) is 6.07 Å². The van der Waals surface area contributed by atoms with Crippen LogP contribution in [0.3, 0.4) is 0 Å². The fourth-order valence-corrected chi connectivity index (χ4v) is 2.71. The first kappa shape index (κ1) is 15.4. The van der Waals surface area contributed by atoms with Gasteiger partial charge >= 0.3 is 0 Å². The fourth-order valence-electron chi connectivity index (χ4n) is 2.71. The molecule has 1 N–H and O–H groups in total. The maximum Gasteiger partial charge on any atom is 0.271 e. The average molecular weight is 312 g/mol. The summed E-state index contributed by atoms with van der Waals surface area (Å²) < 4.78 is 4.90. The average Bonchev–Trinajstić information content (AvgIpc) is 2.61. The highest BCUT2D eigenvalue weighted by Crippen LogP contribution is 2.31. The molecule has 0 aliphatic carbocycles. The van der Waals surface area contributed by atoms with Gasteiger partial charge in [-0.1, -0.05) is 18.2 Å². The summed E-state index contributed by atoms with van der Waals surface area (Å²) >= 11 is 0. The summed E-state index contributed by atoms with van der Waals surface area (Å²) in [5, 5.41) is 2.73. The molecule has 1 aromatic carbocycles. The molecule has 6 nitrogen and oxygen atoms in total. The minimum Gasteiger partial charge on any atom is -0.383 e. The number of para-hydroxylation sites is 1. The van der Waals surface area contributed by atoms with Crippen LogP contribution in [0.25, 0.3) is 0 Å². The van der Waals surface area contributed by atoms with Gasteiger partial charge in [0.05, 0.1) is 19.0 Å². The molecule has 0 atom stereocenters. The molecule has 0 bridgehead atoms. The number of hydrogen-bond acceptors (Lipinski definition) is 5. The predicted molar refractivity (Wildman–Crippen MR) is 88.0 cm³/mol. The van der Waals surface area contributed by atoms with Crippen molar-refractivity contribution in [2.24, 2.45) is 0 Å². The van der Waals surface area contributed by atoms with E-state index >= 15 is 0 Å². The van der Waals surface area contributed by atoms with Crippen molar-refractivity contribution in [1.82, 2.24) is 15.3 Å². The van der Waals surface area contributed by atoms with Crippen LogP contribution in [0.4, 0.5) is 11.5 Å². The number of methoxy groups -OCH3 is 1. The molecule has 0 saturated heterocycles. The topological polar surface area (TPSA) is 67.3 Å².